The second-order valence-corrected chi connectivity index (χ2v) is 7.44. The van der Waals surface area contributed by atoms with E-state index in [1.54, 1.807) is 6.07 Å². The molecule has 2 aromatic rings. The van der Waals surface area contributed by atoms with Crippen LogP contribution in [0.4, 0.5) is 5.69 Å². The van der Waals surface area contributed by atoms with Crippen LogP contribution in [0.25, 0.3) is 0 Å². The number of hydrogen-bond acceptors (Lipinski definition) is 3. The van der Waals surface area contributed by atoms with Crippen LogP contribution >= 0.6 is 15.9 Å². The van der Waals surface area contributed by atoms with E-state index >= 15 is 0 Å². The molecule has 0 saturated carbocycles. The largest absolute Gasteiger partial charge is 0.398 e. The van der Waals surface area contributed by atoms with Gasteiger partial charge in [-0.15, -0.1) is 0 Å². The molecule has 0 aromatic heterocycles. The number of hydrogen-bond donors (Lipinski definition) is 2. The Bertz CT molecular complexity index is 745. The molecule has 0 unspecified atom stereocenters. The van der Waals surface area contributed by atoms with Crippen molar-refractivity contribution in [2.45, 2.75) is 18.2 Å². The third-order valence-corrected chi connectivity index (χ3v) is 5.22. The van der Waals surface area contributed by atoms with Gasteiger partial charge in [0.05, 0.1) is 4.90 Å². The third-order valence-electron chi connectivity index (χ3n) is 3.07. The molecule has 0 atom stereocenters. The number of anilines is 1. The number of sulfonamides is 1. The Hall–Kier alpha value is -1.37. The SMILES string of the molecule is Cc1cccc(CCNS(=O)(=O)c2ccc(N)c(Br)c2)c1. The van der Waals surface area contributed by atoms with Gasteiger partial charge >= 0.3 is 0 Å². The first-order valence-corrected chi connectivity index (χ1v) is 8.76. The van der Waals surface area contributed by atoms with Gasteiger partial charge in [0.15, 0.2) is 0 Å². The molecule has 0 radical (unpaired) electrons. The third kappa shape index (κ3) is 4.30. The van der Waals surface area contributed by atoms with Crippen LogP contribution < -0.4 is 10.5 Å². The van der Waals surface area contributed by atoms with Gasteiger partial charge in [-0.05, 0) is 53.0 Å². The number of benzene rings is 2. The maximum Gasteiger partial charge on any atom is 0.240 e. The lowest BCUT2D eigenvalue weighted by Crippen LogP contribution is -2.26. The van der Waals surface area contributed by atoms with Gasteiger partial charge in [-0.3, -0.25) is 0 Å². The summed E-state index contributed by atoms with van der Waals surface area (Å²) >= 11 is 3.23. The van der Waals surface area contributed by atoms with Gasteiger partial charge in [0, 0.05) is 16.7 Å². The molecule has 0 aliphatic carbocycles. The van der Waals surface area contributed by atoms with Crippen molar-refractivity contribution in [1.82, 2.24) is 4.72 Å². The van der Waals surface area contributed by atoms with Crippen molar-refractivity contribution in [3.8, 4) is 0 Å². The van der Waals surface area contributed by atoms with E-state index in [1.807, 2.05) is 31.2 Å². The van der Waals surface area contributed by atoms with Crippen LogP contribution in [0.2, 0.25) is 0 Å². The fourth-order valence-corrected chi connectivity index (χ4v) is 3.54. The quantitative estimate of drug-likeness (QED) is 0.796. The summed E-state index contributed by atoms with van der Waals surface area (Å²) in [6.45, 7) is 2.37. The van der Waals surface area contributed by atoms with Crippen LogP contribution in [0, 0.1) is 6.92 Å². The zero-order valence-electron chi connectivity index (χ0n) is 11.6. The Morgan fingerprint density at radius 3 is 2.62 bits per heavy atom. The number of rotatable bonds is 5. The second kappa shape index (κ2) is 6.60. The van der Waals surface area contributed by atoms with Crippen molar-refractivity contribution in [3.05, 3.63) is 58.1 Å². The second-order valence-electron chi connectivity index (χ2n) is 4.82. The van der Waals surface area contributed by atoms with E-state index in [-0.39, 0.29) is 4.90 Å². The Morgan fingerprint density at radius 1 is 1.19 bits per heavy atom. The molecule has 0 spiro atoms. The van der Waals surface area contributed by atoms with Gasteiger partial charge in [-0.1, -0.05) is 29.8 Å². The molecule has 6 heteroatoms. The molecule has 0 aliphatic rings. The molecular formula is C15H17BrN2O2S. The molecule has 0 bridgehead atoms. The minimum absolute atomic E-state index is 0.202. The van der Waals surface area contributed by atoms with Crippen LogP contribution in [-0.2, 0) is 16.4 Å². The van der Waals surface area contributed by atoms with Crippen LogP contribution in [0.5, 0.6) is 0 Å². The van der Waals surface area contributed by atoms with Gasteiger partial charge in [0.2, 0.25) is 10.0 Å². The van der Waals surface area contributed by atoms with Gasteiger partial charge in [0.25, 0.3) is 0 Å². The summed E-state index contributed by atoms with van der Waals surface area (Å²) in [5, 5.41) is 0. The Morgan fingerprint density at radius 2 is 1.95 bits per heavy atom. The fourth-order valence-electron chi connectivity index (χ4n) is 1.96. The Balaban J connectivity index is 2.03. The van der Waals surface area contributed by atoms with Crippen molar-refractivity contribution in [1.29, 1.82) is 0 Å². The standard InChI is InChI=1S/C15H17BrN2O2S/c1-11-3-2-4-12(9-11)7-8-18-21(19,20)13-5-6-15(17)14(16)10-13/h2-6,9-10,18H,7-8,17H2,1H3. The summed E-state index contributed by atoms with van der Waals surface area (Å²) in [5.74, 6) is 0. The molecule has 0 fully saturated rings. The van der Waals surface area contributed by atoms with Gasteiger partial charge in [0.1, 0.15) is 0 Å². The maximum atomic E-state index is 12.2. The van der Waals surface area contributed by atoms with Gasteiger partial charge < -0.3 is 5.73 Å². The summed E-state index contributed by atoms with van der Waals surface area (Å²) in [6.07, 6.45) is 0.650. The molecule has 21 heavy (non-hydrogen) atoms. The van der Waals surface area contributed by atoms with Gasteiger partial charge in [-0.2, -0.15) is 0 Å². The highest BCUT2D eigenvalue weighted by Gasteiger charge is 2.14. The molecule has 112 valence electrons. The molecule has 0 amide bonds. The van der Waals surface area contributed by atoms with Crippen molar-refractivity contribution in [3.63, 3.8) is 0 Å². The van der Waals surface area contributed by atoms with Crippen LogP contribution in [0.1, 0.15) is 11.1 Å². The highest BCUT2D eigenvalue weighted by Crippen LogP contribution is 2.22. The lowest BCUT2D eigenvalue weighted by molar-refractivity contribution is 0.581. The minimum atomic E-state index is -3.52. The van der Waals surface area contributed by atoms with E-state index in [2.05, 4.69) is 20.7 Å². The number of halogens is 1. The van der Waals surface area contributed by atoms with Crippen LogP contribution in [0.3, 0.4) is 0 Å². The monoisotopic (exact) mass is 368 g/mol. The average Bonchev–Trinajstić information content (AvgIpc) is 2.41. The van der Waals surface area contributed by atoms with E-state index in [9.17, 15) is 8.42 Å². The van der Waals surface area contributed by atoms with Crippen molar-refractivity contribution >= 4 is 31.6 Å². The summed E-state index contributed by atoms with van der Waals surface area (Å²) in [6, 6.07) is 12.6. The number of nitrogens with two attached hydrogens (primary N) is 1. The Kier molecular flexibility index (Phi) is 5.03. The first-order chi connectivity index (χ1) is 9.88. The normalized spacial score (nSPS) is 11.5. The molecule has 0 heterocycles. The number of nitrogen functional groups attached to an aromatic ring is 1. The van der Waals surface area contributed by atoms with Crippen molar-refractivity contribution in [2.24, 2.45) is 0 Å². The fraction of sp³-hybridized carbons (Fsp3) is 0.200. The first-order valence-electron chi connectivity index (χ1n) is 6.49. The molecule has 4 nitrogen and oxygen atoms in total. The highest BCUT2D eigenvalue weighted by molar-refractivity contribution is 9.10. The van der Waals surface area contributed by atoms with E-state index in [0.29, 0.717) is 23.1 Å². The molecule has 0 aliphatic heterocycles. The molecule has 3 N–H and O–H groups in total. The molecule has 0 saturated heterocycles. The van der Waals surface area contributed by atoms with Gasteiger partial charge in [-0.25, -0.2) is 13.1 Å². The topological polar surface area (TPSA) is 72.2 Å². The summed E-state index contributed by atoms with van der Waals surface area (Å²) in [7, 11) is -3.52. The lowest BCUT2D eigenvalue weighted by Gasteiger charge is -2.08. The van der Waals surface area contributed by atoms with E-state index < -0.39 is 10.0 Å². The summed E-state index contributed by atoms with van der Waals surface area (Å²) in [5.41, 5.74) is 8.44. The predicted octanol–water partition coefficient (Wildman–Crippen LogP) is 2.86. The smallest absolute Gasteiger partial charge is 0.240 e. The highest BCUT2D eigenvalue weighted by atomic mass is 79.9. The zero-order valence-corrected chi connectivity index (χ0v) is 14.0. The lowest BCUT2D eigenvalue weighted by atomic mass is 10.1. The van der Waals surface area contributed by atoms with E-state index in [4.69, 9.17) is 5.73 Å². The first kappa shape index (κ1) is 16.0. The van der Waals surface area contributed by atoms with E-state index in [1.165, 1.54) is 12.1 Å². The summed E-state index contributed by atoms with van der Waals surface area (Å²) in [4.78, 5) is 0.202. The minimum Gasteiger partial charge on any atom is -0.398 e. The summed E-state index contributed by atoms with van der Waals surface area (Å²) < 4.78 is 27.5. The van der Waals surface area contributed by atoms with Crippen LogP contribution in [-0.4, -0.2) is 15.0 Å². The number of aryl methyl sites for hydroxylation is 1. The molecule has 2 aromatic carbocycles. The van der Waals surface area contributed by atoms with E-state index in [0.717, 1.165) is 11.1 Å². The maximum absolute atomic E-state index is 12.2. The van der Waals surface area contributed by atoms with Crippen LogP contribution in [0.15, 0.2) is 51.8 Å². The van der Waals surface area contributed by atoms with Crippen molar-refractivity contribution < 1.29 is 8.42 Å². The molecule has 2 rings (SSSR count). The Labute approximate surface area is 133 Å². The predicted molar refractivity (Wildman–Crippen MR) is 88.6 cm³/mol. The van der Waals surface area contributed by atoms with Crippen molar-refractivity contribution in [2.75, 3.05) is 12.3 Å². The number of nitrogens with one attached hydrogen (secondary N) is 1. The zero-order chi connectivity index (χ0) is 15.5. The molecular weight excluding hydrogens is 352 g/mol. The average molecular weight is 369 g/mol.